The fourth-order valence-electron chi connectivity index (χ4n) is 3.98. The number of rotatable bonds is 11. The summed E-state index contributed by atoms with van der Waals surface area (Å²) in [5, 5.41) is 12.1. The van der Waals surface area contributed by atoms with Gasteiger partial charge in [-0.3, -0.25) is 4.98 Å². The van der Waals surface area contributed by atoms with Crippen LogP contribution >= 0.6 is 0 Å². The minimum Gasteiger partial charge on any atom is -0.311 e. The molecule has 7 heteroatoms. The number of pyridine rings is 2. The Morgan fingerprint density at radius 2 is 1.81 bits per heavy atom. The summed E-state index contributed by atoms with van der Waals surface area (Å²) in [4.78, 5) is 9.26. The van der Waals surface area contributed by atoms with E-state index in [-0.39, 0.29) is 0 Å². The zero-order valence-electron chi connectivity index (χ0n) is 19.4. The van der Waals surface area contributed by atoms with Crippen LogP contribution in [0.2, 0.25) is 0 Å². The summed E-state index contributed by atoms with van der Waals surface area (Å²) in [5.41, 5.74) is 8.04. The predicted octanol–water partition coefficient (Wildman–Crippen LogP) is 3.91. The lowest BCUT2D eigenvalue weighted by molar-refractivity contribution is 0.639. The molecule has 7 nitrogen and oxygen atoms in total. The highest BCUT2D eigenvalue weighted by Gasteiger charge is 2.07. The highest BCUT2D eigenvalue weighted by Crippen LogP contribution is 2.12. The quantitative estimate of drug-likeness (QED) is 0.365. The van der Waals surface area contributed by atoms with E-state index in [4.69, 9.17) is 4.98 Å². The molecule has 4 heterocycles. The molecule has 0 unspecified atom stereocenters. The van der Waals surface area contributed by atoms with Crippen LogP contribution in [-0.4, -0.2) is 35.9 Å². The molecular weight excluding hydrogens is 398 g/mol. The van der Waals surface area contributed by atoms with E-state index in [9.17, 15) is 0 Å². The maximum atomic E-state index is 4.71. The number of hydrogen-bond donors (Lipinski definition) is 1. The third-order valence-electron chi connectivity index (χ3n) is 5.67. The molecule has 4 aromatic rings. The molecule has 0 aliphatic rings. The molecule has 0 aromatic carbocycles. The lowest BCUT2D eigenvalue weighted by atomic mass is 10.1. The van der Waals surface area contributed by atoms with Gasteiger partial charge in [-0.15, -0.1) is 5.10 Å². The highest BCUT2D eigenvalue weighted by atomic mass is 15.4. The number of imidazole rings is 1. The van der Waals surface area contributed by atoms with E-state index in [0.29, 0.717) is 6.54 Å². The number of hydrogen-bond acceptors (Lipinski definition) is 5. The summed E-state index contributed by atoms with van der Waals surface area (Å²) in [6, 6.07) is 6.47. The van der Waals surface area contributed by atoms with Crippen molar-refractivity contribution < 1.29 is 0 Å². The standard InChI is InChI=1S/C25H33N7/c1-4-6-20-8-9-25-28-24(16-31(25)15-20)18-32-17-22(29-30-32)10-11-26-14-23-12-21(7-5-2)19(3)13-27-23/h8-9,12-13,15-17,26H,4-7,10-11,14,18H2,1-3H3. The minimum atomic E-state index is 0.624. The summed E-state index contributed by atoms with van der Waals surface area (Å²) >= 11 is 0. The van der Waals surface area contributed by atoms with E-state index in [1.807, 2.05) is 17.1 Å². The highest BCUT2D eigenvalue weighted by molar-refractivity contribution is 5.41. The van der Waals surface area contributed by atoms with Crippen molar-refractivity contribution in [2.75, 3.05) is 6.54 Å². The largest absolute Gasteiger partial charge is 0.311 e. The monoisotopic (exact) mass is 431 g/mol. The molecule has 1 N–H and O–H groups in total. The Morgan fingerprint density at radius 3 is 2.66 bits per heavy atom. The molecule has 0 aliphatic carbocycles. The van der Waals surface area contributed by atoms with Crippen molar-refractivity contribution in [3.05, 3.63) is 76.8 Å². The normalized spacial score (nSPS) is 11.5. The number of fused-ring (bicyclic) bond motifs is 1. The maximum absolute atomic E-state index is 4.71. The van der Waals surface area contributed by atoms with Crippen molar-refractivity contribution in [3.8, 4) is 0 Å². The van der Waals surface area contributed by atoms with Gasteiger partial charge in [0.1, 0.15) is 5.65 Å². The molecule has 4 rings (SSSR count). The van der Waals surface area contributed by atoms with Crippen LogP contribution in [0.25, 0.3) is 5.65 Å². The summed E-state index contributed by atoms with van der Waals surface area (Å²) in [5.74, 6) is 0. The van der Waals surface area contributed by atoms with Crippen LogP contribution in [0.5, 0.6) is 0 Å². The van der Waals surface area contributed by atoms with Crippen LogP contribution in [0.4, 0.5) is 0 Å². The van der Waals surface area contributed by atoms with Gasteiger partial charge in [-0.05, 0) is 48.6 Å². The molecule has 0 saturated carbocycles. The van der Waals surface area contributed by atoms with Crippen LogP contribution in [0.15, 0.2) is 43.0 Å². The van der Waals surface area contributed by atoms with Gasteiger partial charge in [0.05, 0.1) is 23.6 Å². The Bertz CT molecular complexity index is 1160. The van der Waals surface area contributed by atoms with Gasteiger partial charge >= 0.3 is 0 Å². The first kappa shape index (κ1) is 22.1. The van der Waals surface area contributed by atoms with Gasteiger partial charge in [-0.25, -0.2) is 9.67 Å². The first-order valence-corrected chi connectivity index (χ1v) is 11.6. The number of nitrogens with zero attached hydrogens (tertiary/aromatic N) is 6. The Kier molecular flexibility index (Phi) is 7.27. The van der Waals surface area contributed by atoms with E-state index in [0.717, 1.165) is 67.9 Å². The lowest BCUT2D eigenvalue weighted by Gasteiger charge is -2.08. The van der Waals surface area contributed by atoms with Gasteiger partial charge in [0, 0.05) is 44.3 Å². The van der Waals surface area contributed by atoms with Crippen LogP contribution in [0, 0.1) is 6.92 Å². The smallest absolute Gasteiger partial charge is 0.137 e. The van der Waals surface area contributed by atoms with Gasteiger partial charge in [0.25, 0.3) is 0 Å². The number of nitrogens with one attached hydrogen (secondary N) is 1. The third kappa shape index (κ3) is 5.59. The number of aryl methyl sites for hydroxylation is 3. The summed E-state index contributed by atoms with van der Waals surface area (Å²) in [6.45, 7) is 8.78. The van der Waals surface area contributed by atoms with Crippen molar-refractivity contribution >= 4 is 5.65 Å². The Labute approximate surface area is 189 Å². The Morgan fingerprint density at radius 1 is 0.938 bits per heavy atom. The molecule has 0 bridgehead atoms. The molecule has 32 heavy (non-hydrogen) atoms. The topological polar surface area (TPSA) is 72.9 Å². The van der Waals surface area contributed by atoms with E-state index >= 15 is 0 Å². The second-order valence-electron chi connectivity index (χ2n) is 8.47. The van der Waals surface area contributed by atoms with Crippen molar-refractivity contribution in [3.63, 3.8) is 0 Å². The van der Waals surface area contributed by atoms with Crippen LogP contribution in [0.3, 0.4) is 0 Å². The van der Waals surface area contributed by atoms with E-state index in [2.05, 4.69) is 76.4 Å². The average Bonchev–Trinajstić information content (AvgIpc) is 3.40. The van der Waals surface area contributed by atoms with Crippen molar-refractivity contribution in [2.24, 2.45) is 0 Å². The molecule has 168 valence electrons. The summed E-state index contributed by atoms with van der Waals surface area (Å²) in [6.07, 6.45) is 13.6. The maximum Gasteiger partial charge on any atom is 0.137 e. The fourth-order valence-corrected chi connectivity index (χ4v) is 3.98. The fraction of sp³-hybridized carbons (Fsp3) is 0.440. The molecular formula is C25H33N7. The molecule has 0 amide bonds. The summed E-state index contributed by atoms with van der Waals surface area (Å²) < 4.78 is 3.97. The second kappa shape index (κ2) is 10.5. The number of aromatic nitrogens is 6. The molecule has 0 atom stereocenters. The second-order valence-corrected chi connectivity index (χ2v) is 8.47. The van der Waals surface area contributed by atoms with Gasteiger partial charge in [-0.1, -0.05) is 38.0 Å². The van der Waals surface area contributed by atoms with Crippen molar-refractivity contribution in [1.82, 2.24) is 34.7 Å². The van der Waals surface area contributed by atoms with E-state index in [1.165, 1.54) is 16.7 Å². The van der Waals surface area contributed by atoms with Crippen LogP contribution in [0.1, 0.15) is 60.5 Å². The zero-order valence-corrected chi connectivity index (χ0v) is 19.4. The Hall–Kier alpha value is -3.06. The molecule has 0 fully saturated rings. The third-order valence-corrected chi connectivity index (χ3v) is 5.67. The van der Waals surface area contributed by atoms with Gasteiger partial charge in [-0.2, -0.15) is 0 Å². The van der Waals surface area contributed by atoms with E-state index in [1.54, 1.807) is 0 Å². The summed E-state index contributed by atoms with van der Waals surface area (Å²) in [7, 11) is 0. The van der Waals surface area contributed by atoms with Crippen LogP contribution < -0.4 is 5.32 Å². The average molecular weight is 432 g/mol. The zero-order chi connectivity index (χ0) is 22.3. The molecule has 0 aliphatic heterocycles. The van der Waals surface area contributed by atoms with Gasteiger partial charge < -0.3 is 9.72 Å². The van der Waals surface area contributed by atoms with Crippen LogP contribution in [-0.2, 0) is 32.4 Å². The molecule has 0 spiro atoms. The SMILES string of the molecule is CCCc1ccc2nc(Cn3cc(CCNCc4cc(CCC)c(C)cn4)nn3)cn2c1. The predicted molar refractivity (Wildman–Crippen MR) is 127 cm³/mol. The molecule has 0 radical (unpaired) electrons. The first-order valence-electron chi connectivity index (χ1n) is 11.6. The molecule has 4 aromatic heterocycles. The molecule has 0 saturated heterocycles. The van der Waals surface area contributed by atoms with Gasteiger partial charge in [0.15, 0.2) is 0 Å². The minimum absolute atomic E-state index is 0.624. The van der Waals surface area contributed by atoms with Gasteiger partial charge in [0.2, 0.25) is 0 Å². The van der Waals surface area contributed by atoms with Crippen molar-refractivity contribution in [2.45, 2.75) is 66.0 Å². The Balaban J connectivity index is 1.28. The first-order chi connectivity index (χ1) is 15.6. The lowest BCUT2D eigenvalue weighted by Crippen LogP contribution is -2.18. The van der Waals surface area contributed by atoms with Crippen molar-refractivity contribution in [1.29, 1.82) is 0 Å². The van der Waals surface area contributed by atoms with E-state index < -0.39 is 0 Å².